The van der Waals surface area contributed by atoms with Gasteiger partial charge in [0, 0.05) is 13.0 Å². The standard InChI is InChI=1S/C12H27NO2Si/c1-4-5-6-7-9-12(14)13-10-8-11-16(2,3)15/h15H,4-11H2,1-3H3,(H,13,14). The van der Waals surface area contributed by atoms with Crippen LogP contribution in [-0.2, 0) is 4.79 Å². The number of amides is 1. The molecule has 0 aliphatic heterocycles. The minimum atomic E-state index is -1.92. The molecule has 0 aliphatic carbocycles. The van der Waals surface area contributed by atoms with Gasteiger partial charge in [-0.05, 0) is 32.0 Å². The first kappa shape index (κ1) is 15.6. The van der Waals surface area contributed by atoms with Gasteiger partial charge in [0.1, 0.15) is 0 Å². The molecule has 1 amide bonds. The normalized spacial score (nSPS) is 11.5. The minimum Gasteiger partial charge on any atom is -0.432 e. The van der Waals surface area contributed by atoms with Crippen molar-refractivity contribution in [1.29, 1.82) is 0 Å². The average molecular weight is 245 g/mol. The number of carbonyl (C=O) groups is 1. The topological polar surface area (TPSA) is 49.3 Å². The lowest BCUT2D eigenvalue weighted by Gasteiger charge is -2.13. The number of unbranched alkanes of at least 4 members (excludes halogenated alkanes) is 3. The lowest BCUT2D eigenvalue weighted by Crippen LogP contribution is -2.29. The molecule has 0 spiro atoms. The Balaban J connectivity index is 3.31. The third-order valence-electron chi connectivity index (χ3n) is 2.54. The van der Waals surface area contributed by atoms with Crippen LogP contribution in [0.1, 0.15) is 45.4 Å². The highest BCUT2D eigenvalue weighted by Gasteiger charge is 2.15. The Morgan fingerprint density at radius 1 is 1.19 bits per heavy atom. The third kappa shape index (κ3) is 11.7. The first-order chi connectivity index (χ1) is 7.45. The van der Waals surface area contributed by atoms with Gasteiger partial charge in [0.2, 0.25) is 5.91 Å². The van der Waals surface area contributed by atoms with Crippen LogP contribution in [0.15, 0.2) is 0 Å². The van der Waals surface area contributed by atoms with E-state index in [0.717, 1.165) is 25.3 Å². The van der Waals surface area contributed by atoms with E-state index in [1.165, 1.54) is 12.8 Å². The molecule has 0 heterocycles. The average Bonchev–Trinajstić information content (AvgIpc) is 2.18. The first-order valence-electron chi connectivity index (χ1n) is 6.45. The van der Waals surface area contributed by atoms with Crippen molar-refractivity contribution in [2.24, 2.45) is 0 Å². The maximum absolute atomic E-state index is 11.4. The Labute approximate surface area is 101 Å². The maximum Gasteiger partial charge on any atom is 0.219 e. The zero-order valence-electron chi connectivity index (χ0n) is 11.0. The molecule has 0 aromatic rings. The summed E-state index contributed by atoms with van der Waals surface area (Å²) in [5.74, 6) is 0.161. The number of hydrogen-bond acceptors (Lipinski definition) is 2. The lowest BCUT2D eigenvalue weighted by atomic mass is 10.1. The molecule has 96 valence electrons. The molecule has 0 aromatic carbocycles. The smallest absolute Gasteiger partial charge is 0.219 e. The van der Waals surface area contributed by atoms with E-state index in [1.54, 1.807) is 0 Å². The molecule has 0 radical (unpaired) electrons. The number of hydrogen-bond donors (Lipinski definition) is 2. The van der Waals surface area contributed by atoms with Crippen LogP contribution < -0.4 is 5.32 Å². The monoisotopic (exact) mass is 245 g/mol. The second-order valence-corrected chi connectivity index (χ2v) is 9.20. The molecule has 3 nitrogen and oxygen atoms in total. The summed E-state index contributed by atoms with van der Waals surface area (Å²) in [7, 11) is -1.92. The molecule has 0 fully saturated rings. The van der Waals surface area contributed by atoms with E-state index in [1.807, 2.05) is 13.1 Å². The Kier molecular flexibility index (Phi) is 8.57. The molecule has 16 heavy (non-hydrogen) atoms. The number of rotatable bonds is 9. The van der Waals surface area contributed by atoms with Gasteiger partial charge in [-0.25, -0.2) is 0 Å². The van der Waals surface area contributed by atoms with E-state index < -0.39 is 8.32 Å². The Hall–Kier alpha value is -0.353. The highest BCUT2D eigenvalue weighted by atomic mass is 28.4. The summed E-state index contributed by atoms with van der Waals surface area (Å²) in [6.45, 7) is 6.74. The molecule has 0 aromatic heterocycles. The Morgan fingerprint density at radius 3 is 2.44 bits per heavy atom. The van der Waals surface area contributed by atoms with Gasteiger partial charge in [-0.15, -0.1) is 0 Å². The molecule has 0 rings (SSSR count). The van der Waals surface area contributed by atoms with Crippen LogP contribution in [0.25, 0.3) is 0 Å². The van der Waals surface area contributed by atoms with Gasteiger partial charge in [-0.3, -0.25) is 4.79 Å². The van der Waals surface area contributed by atoms with Crippen molar-refractivity contribution in [3.05, 3.63) is 0 Å². The summed E-state index contributed by atoms with van der Waals surface area (Å²) in [6.07, 6.45) is 6.13. The van der Waals surface area contributed by atoms with E-state index in [-0.39, 0.29) is 5.91 Å². The summed E-state index contributed by atoms with van der Waals surface area (Å²) < 4.78 is 0. The van der Waals surface area contributed by atoms with Gasteiger partial charge in [0.05, 0.1) is 0 Å². The van der Waals surface area contributed by atoms with Crippen LogP contribution in [-0.4, -0.2) is 25.6 Å². The Bertz CT molecular complexity index is 190. The third-order valence-corrected chi connectivity index (χ3v) is 4.12. The second kappa shape index (κ2) is 8.76. The quantitative estimate of drug-likeness (QED) is 0.485. The van der Waals surface area contributed by atoms with Crippen LogP contribution in [0.4, 0.5) is 0 Å². The van der Waals surface area contributed by atoms with E-state index in [9.17, 15) is 9.59 Å². The van der Waals surface area contributed by atoms with Crippen molar-refractivity contribution in [2.45, 2.75) is 64.6 Å². The molecule has 0 saturated carbocycles. The highest BCUT2D eigenvalue weighted by Crippen LogP contribution is 2.06. The van der Waals surface area contributed by atoms with Gasteiger partial charge in [-0.2, -0.15) is 0 Å². The number of carbonyl (C=O) groups excluding carboxylic acids is 1. The molecule has 0 aliphatic rings. The lowest BCUT2D eigenvalue weighted by molar-refractivity contribution is -0.121. The molecule has 0 saturated heterocycles. The molecular weight excluding hydrogens is 218 g/mol. The Morgan fingerprint density at radius 2 is 1.88 bits per heavy atom. The van der Waals surface area contributed by atoms with E-state index in [0.29, 0.717) is 13.0 Å². The maximum atomic E-state index is 11.4. The van der Waals surface area contributed by atoms with Crippen molar-refractivity contribution in [2.75, 3.05) is 6.54 Å². The molecule has 0 unspecified atom stereocenters. The van der Waals surface area contributed by atoms with Crippen molar-refractivity contribution in [3.63, 3.8) is 0 Å². The zero-order chi connectivity index (χ0) is 12.4. The summed E-state index contributed by atoms with van der Waals surface area (Å²) >= 11 is 0. The predicted octanol–water partition coefficient (Wildman–Crippen LogP) is 2.66. The van der Waals surface area contributed by atoms with E-state index in [4.69, 9.17) is 0 Å². The summed E-state index contributed by atoms with van der Waals surface area (Å²) in [4.78, 5) is 21.0. The fraction of sp³-hybridized carbons (Fsp3) is 0.917. The SMILES string of the molecule is CCCCCCC(=O)NCCC[Si](C)(C)O. The van der Waals surface area contributed by atoms with Gasteiger partial charge in [0.25, 0.3) is 0 Å². The first-order valence-corrected chi connectivity index (χ1v) is 9.60. The largest absolute Gasteiger partial charge is 0.432 e. The van der Waals surface area contributed by atoms with Crippen LogP contribution in [0, 0.1) is 0 Å². The molecule has 2 N–H and O–H groups in total. The minimum absolute atomic E-state index is 0.161. The van der Waals surface area contributed by atoms with Gasteiger partial charge in [0.15, 0.2) is 8.32 Å². The molecular formula is C12H27NO2Si. The molecule has 0 bridgehead atoms. The zero-order valence-corrected chi connectivity index (χ0v) is 12.0. The summed E-state index contributed by atoms with van der Waals surface area (Å²) in [5, 5.41) is 2.90. The van der Waals surface area contributed by atoms with Gasteiger partial charge >= 0.3 is 0 Å². The van der Waals surface area contributed by atoms with Crippen LogP contribution >= 0.6 is 0 Å². The highest BCUT2D eigenvalue weighted by molar-refractivity contribution is 6.69. The van der Waals surface area contributed by atoms with Crippen molar-refractivity contribution >= 4 is 14.2 Å². The second-order valence-electron chi connectivity index (χ2n) is 5.08. The van der Waals surface area contributed by atoms with Gasteiger partial charge in [-0.1, -0.05) is 26.2 Å². The van der Waals surface area contributed by atoms with Crippen LogP contribution in [0.3, 0.4) is 0 Å². The fourth-order valence-corrected chi connectivity index (χ4v) is 2.59. The molecule has 4 heteroatoms. The van der Waals surface area contributed by atoms with Crippen molar-refractivity contribution in [3.8, 4) is 0 Å². The van der Waals surface area contributed by atoms with Crippen LogP contribution in [0.5, 0.6) is 0 Å². The number of nitrogens with one attached hydrogen (secondary N) is 1. The fourth-order valence-electron chi connectivity index (χ4n) is 1.55. The van der Waals surface area contributed by atoms with E-state index in [2.05, 4.69) is 12.2 Å². The summed E-state index contributed by atoms with van der Waals surface area (Å²) in [5.41, 5.74) is 0. The molecule has 0 atom stereocenters. The van der Waals surface area contributed by atoms with E-state index >= 15 is 0 Å². The van der Waals surface area contributed by atoms with Gasteiger partial charge < -0.3 is 10.1 Å². The van der Waals surface area contributed by atoms with Crippen LogP contribution in [0.2, 0.25) is 19.1 Å². The van der Waals surface area contributed by atoms with Crippen molar-refractivity contribution in [1.82, 2.24) is 5.32 Å². The predicted molar refractivity (Wildman–Crippen MR) is 70.9 cm³/mol. The van der Waals surface area contributed by atoms with Crippen molar-refractivity contribution < 1.29 is 9.59 Å². The summed E-state index contributed by atoms with van der Waals surface area (Å²) in [6, 6.07) is 0.864.